The SMILES string of the molecule is COC1C=CC=C(C)C(=O)Nc2cc(O)c(N=CCCN(C)CCC=Nc3c(O)cc4c(O)c3CC(C)CC(OC)C(O)C(C)C=C(C)C(OC(N)=O)C(OC)C=CC=C(C)C(=O)N4)c(c2O)CC(C)CC(OC)C(O)C(C)C=C(C)C1OC(N)=O. The molecule has 0 radical (unpaired) electrons. The van der Waals surface area contributed by atoms with Gasteiger partial charge in [-0.2, -0.15) is 0 Å². The molecule has 2 heterocycles. The molecule has 2 aliphatic heterocycles. The lowest BCUT2D eigenvalue weighted by Gasteiger charge is -2.29. The lowest BCUT2D eigenvalue weighted by Crippen LogP contribution is -2.37. The van der Waals surface area contributed by atoms with Gasteiger partial charge in [0, 0.05) is 100 Å². The summed E-state index contributed by atoms with van der Waals surface area (Å²) in [6.45, 7) is 14.9. The van der Waals surface area contributed by atoms with E-state index in [-0.39, 0.29) is 92.7 Å². The van der Waals surface area contributed by atoms with E-state index in [0.717, 1.165) is 0 Å². The minimum Gasteiger partial charge on any atom is -0.506 e. The second-order valence-electron chi connectivity index (χ2n) is 22.4. The van der Waals surface area contributed by atoms with Gasteiger partial charge in [-0.25, -0.2) is 9.59 Å². The fourth-order valence-electron chi connectivity index (χ4n) is 10.5. The molecule has 0 fully saturated rings. The number of nitrogens with two attached hydrogens (primary N) is 2. The highest BCUT2D eigenvalue weighted by atomic mass is 16.6. The maximum atomic E-state index is 13.5. The third-order valence-corrected chi connectivity index (χ3v) is 15.3. The highest BCUT2D eigenvalue weighted by Gasteiger charge is 2.33. The van der Waals surface area contributed by atoms with E-state index in [9.17, 15) is 49.8 Å². The van der Waals surface area contributed by atoms with E-state index in [0.29, 0.717) is 49.9 Å². The number of nitrogens with zero attached hydrogens (tertiary/aromatic N) is 3. The van der Waals surface area contributed by atoms with Crippen LogP contribution in [0.15, 0.2) is 93.0 Å². The van der Waals surface area contributed by atoms with Crippen molar-refractivity contribution in [3.8, 4) is 23.0 Å². The molecule has 12 N–H and O–H groups in total. The number of carbonyl (C=O) groups is 4. The number of aliphatic hydroxyl groups excluding tert-OH is 2. The highest BCUT2D eigenvalue weighted by Crippen LogP contribution is 2.46. The maximum absolute atomic E-state index is 13.5. The molecule has 0 spiro atoms. The molecule has 2 aromatic rings. The molecule has 4 bridgehead atoms. The Morgan fingerprint density at radius 3 is 1.31 bits per heavy atom. The van der Waals surface area contributed by atoms with Crippen molar-refractivity contribution in [1.82, 2.24) is 4.90 Å². The van der Waals surface area contributed by atoms with Crippen LogP contribution >= 0.6 is 0 Å². The number of phenolic OH excluding ortho intramolecular Hbond substituents is 4. The molecule has 23 heteroatoms. The zero-order chi connectivity index (χ0) is 64.1. The first-order chi connectivity index (χ1) is 40.6. The number of aromatic hydroxyl groups is 4. The Kier molecular flexibility index (Phi) is 28.2. The second kappa shape index (κ2) is 34.1. The number of hydrogen-bond acceptors (Lipinski definition) is 19. The molecule has 0 aromatic heterocycles. The molecule has 2 aliphatic rings. The van der Waals surface area contributed by atoms with Gasteiger partial charge in [-0.05, 0) is 96.2 Å². The molecule has 0 aliphatic carbocycles. The van der Waals surface area contributed by atoms with Crippen molar-refractivity contribution in [2.45, 2.75) is 143 Å². The zero-order valence-electron chi connectivity index (χ0n) is 51.8. The van der Waals surface area contributed by atoms with Crippen LogP contribution in [0.1, 0.15) is 92.2 Å². The Bertz CT molecular complexity index is 2720. The Morgan fingerprint density at radius 1 is 0.628 bits per heavy atom. The molecule has 4 amide bonds. The van der Waals surface area contributed by atoms with Gasteiger partial charge in [0.05, 0.1) is 35.8 Å². The number of amides is 4. The number of methoxy groups -OCH3 is 4. The number of primary amides is 2. The largest absolute Gasteiger partial charge is 0.506 e. The zero-order valence-corrected chi connectivity index (χ0v) is 51.8. The maximum Gasteiger partial charge on any atom is 0.405 e. The van der Waals surface area contributed by atoms with Crippen LogP contribution in [-0.2, 0) is 50.9 Å². The molecule has 474 valence electrons. The van der Waals surface area contributed by atoms with Crippen LogP contribution in [0.2, 0.25) is 0 Å². The standard InChI is InChI=1S/C63H91N7O16/c1-34-26-42-52(46(71)32-44(56(42)75)68-60(77)36(3)18-14-20-48(81-10)58(85-62(64)79)40(7)30-38(5)54(73)50(28-34)83-12)66-22-16-24-70(9)25-17-23-67-53-43-27-35(2)29-51(84-13)55(74)39(6)31-41(8)59(86-63(65)80)49(82-11)21-15-19-37(4)61(78)69-45(57(43)76)33-47(53)72/h14-15,18-23,30-35,38-39,48-51,54-55,58-59,71-76H,16-17,24-29H2,1-13H3,(H2,64,79)(H2,65,80)(H,68,77)(H,69,78). The first kappa shape index (κ1) is 71.1. The third kappa shape index (κ3) is 20.4. The summed E-state index contributed by atoms with van der Waals surface area (Å²) >= 11 is 0. The number of anilines is 2. The lowest BCUT2D eigenvalue weighted by atomic mass is 9.87. The van der Waals surface area contributed by atoms with Crippen LogP contribution < -0.4 is 22.1 Å². The summed E-state index contributed by atoms with van der Waals surface area (Å²) in [4.78, 5) is 62.3. The van der Waals surface area contributed by atoms with Crippen LogP contribution in [0, 0.1) is 23.7 Å². The molecular weight excluding hydrogens is 1110 g/mol. The number of allylic oxidation sites excluding steroid dienone is 4. The average molecular weight is 1200 g/mol. The van der Waals surface area contributed by atoms with Crippen molar-refractivity contribution in [3.05, 3.63) is 94.2 Å². The van der Waals surface area contributed by atoms with E-state index in [1.807, 2.05) is 25.8 Å². The van der Waals surface area contributed by atoms with E-state index in [1.54, 1.807) is 90.4 Å². The number of carbonyl (C=O) groups excluding carboxylic acids is 4. The number of rotatable bonds is 14. The van der Waals surface area contributed by atoms with Gasteiger partial charge in [0.25, 0.3) is 11.8 Å². The van der Waals surface area contributed by atoms with Crippen LogP contribution in [0.4, 0.5) is 32.3 Å². The Morgan fingerprint density at radius 2 is 0.988 bits per heavy atom. The van der Waals surface area contributed by atoms with Gasteiger partial charge in [0.15, 0.2) is 12.2 Å². The normalized spacial score (nSPS) is 26.4. The van der Waals surface area contributed by atoms with E-state index in [1.165, 1.54) is 52.7 Å². The van der Waals surface area contributed by atoms with Gasteiger partial charge < -0.3 is 86.1 Å². The third-order valence-electron chi connectivity index (χ3n) is 15.3. The van der Waals surface area contributed by atoms with Crippen LogP contribution in [-0.4, -0.2) is 169 Å². The second-order valence-corrected chi connectivity index (χ2v) is 22.4. The fourth-order valence-corrected chi connectivity index (χ4v) is 10.5. The van der Waals surface area contributed by atoms with E-state index in [4.69, 9.17) is 39.9 Å². The number of hydrogen-bond donors (Lipinski definition) is 10. The Hall–Kier alpha value is -7.38. The minimum atomic E-state index is -1.04. The van der Waals surface area contributed by atoms with Crippen molar-refractivity contribution >= 4 is 59.2 Å². The first-order valence-corrected chi connectivity index (χ1v) is 28.6. The van der Waals surface area contributed by atoms with Crippen molar-refractivity contribution in [2.24, 2.45) is 45.1 Å². The summed E-state index contributed by atoms with van der Waals surface area (Å²) in [7, 11) is 7.70. The number of benzene rings is 2. The van der Waals surface area contributed by atoms with Gasteiger partial charge in [-0.15, -0.1) is 0 Å². The topological polar surface area (TPSA) is 349 Å². The minimum absolute atomic E-state index is 0.0542. The quantitative estimate of drug-likeness (QED) is 0.0368. The molecule has 12 atom stereocenters. The van der Waals surface area contributed by atoms with Crippen LogP contribution in [0.5, 0.6) is 23.0 Å². The van der Waals surface area contributed by atoms with Crippen molar-refractivity contribution < 1.29 is 78.2 Å². The van der Waals surface area contributed by atoms with E-state index < -0.39 is 84.7 Å². The summed E-state index contributed by atoms with van der Waals surface area (Å²) in [6, 6.07) is 2.45. The highest BCUT2D eigenvalue weighted by molar-refractivity contribution is 6.05. The van der Waals surface area contributed by atoms with Crippen molar-refractivity contribution in [2.75, 3.05) is 59.2 Å². The monoisotopic (exact) mass is 1200 g/mol. The van der Waals surface area contributed by atoms with Gasteiger partial charge in [-0.3, -0.25) is 19.6 Å². The summed E-state index contributed by atoms with van der Waals surface area (Å²) in [6.07, 6.45) is 8.56. The average Bonchev–Trinajstić information content (AvgIpc) is 2.54. The molecule has 2 aromatic carbocycles. The van der Waals surface area contributed by atoms with Crippen molar-refractivity contribution in [1.29, 1.82) is 0 Å². The lowest BCUT2D eigenvalue weighted by molar-refractivity contribution is -0.113. The molecule has 86 heavy (non-hydrogen) atoms. The summed E-state index contributed by atoms with van der Waals surface area (Å²) in [5, 5.41) is 75.2. The fraction of sp³-hybridized carbons (Fsp3) is 0.524. The van der Waals surface area contributed by atoms with Crippen LogP contribution in [0.3, 0.4) is 0 Å². The van der Waals surface area contributed by atoms with Gasteiger partial charge in [0.2, 0.25) is 0 Å². The first-order valence-electron chi connectivity index (χ1n) is 28.6. The number of nitrogens with one attached hydrogen (secondary N) is 2. The number of phenols is 4. The molecule has 12 unspecified atom stereocenters. The predicted molar refractivity (Wildman–Crippen MR) is 331 cm³/mol. The molecule has 4 rings (SSSR count). The van der Waals surface area contributed by atoms with Gasteiger partial charge in [-0.1, -0.05) is 76.3 Å². The summed E-state index contributed by atoms with van der Waals surface area (Å²) in [5.74, 6) is -3.96. The number of aliphatic imine (C=N–C) groups is 2. The summed E-state index contributed by atoms with van der Waals surface area (Å²) in [5.41, 5.74) is 13.0. The smallest absolute Gasteiger partial charge is 0.405 e. The number of fused-ring (bicyclic) bond motifs is 4. The molecule has 0 saturated heterocycles. The number of ether oxygens (including phenoxy) is 6. The molecule has 0 saturated carbocycles. The van der Waals surface area contributed by atoms with E-state index >= 15 is 0 Å². The Labute approximate surface area is 504 Å². The van der Waals surface area contributed by atoms with Crippen molar-refractivity contribution in [3.63, 3.8) is 0 Å². The van der Waals surface area contributed by atoms with Crippen LogP contribution in [0.25, 0.3) is 0 Å². The number of aliphatic hydroxyl groups is 2. The Balaban J connectivity index is 1.59. The summed E-state index contributed by atoms with van der Waals surface area (Å²) < 4.78 is 33.8. The predicted octanol–water partition coefficient (Wildman–Crippen LogP) is 8.25. The van der Waals surface area contributed by atoms with Gasteiger partial charge >= 0.3 is 12.2 Å². The molecule has 23 nitrogen and oxygen atoms in total. The molecular formula is C63H91N7O16. The van der Waals surface area contributed by atoms with Gasteiger partial charge in [0.1, 0.15) is 46.6 Å². The van der Waals surface area contributed by atoms with E-state index in [2.05, 4.69) is 20.6 Å².